The Morgan fingerprint density at radius 1 is 1.47 bits per heavy atom. The molecular weight excluding hydrogens is 256 g/mol. The van der Waals surface area contributed by atoms with Crippen molar-refractivity contribution in [1.82, 2.24) is 4.90 Å². The largest absolute Gasteiger partial charge is 0.444 e. The van der Waals surface area contributed by atoms with Crippen LogP contribution in [0.1, 0.15) is 34.6 Å². The van der Waals surface area contributed by atoms with Crippen molar-refractivity contribution in [1.29, 1.82) is 0 Å². The molecule has 0 spiro atoms. The van der Waals surface area contributed by atoms with Gasteiger partial charge >= 0.3 is 6.09 Å². The molecule has 1 heterocycles. The first kappa shape index (κ1) is 15.9. The summed E-state index contributed by atoms with van der Waals surface area (Å²) >= 11 is 0. The fourth-order valence-corrected chi connectivity index (χ4v) is 1.88. The van der Waals surface area contributed by atoms with E-state index in [9.17, 15) is 13.6 Å². The highest BCUT2D eigenvalue weighted by Crippen LogP contribution is 2.33. The zero-order valence-electron chi connectivity index (χ0n) is 12.0. The molecule has 0 aromatic carbocycles. The van der Waals surface area contributed by atoms with Gasteiger partial charge in [0.1, 0.15) is 11.3 Å². The molecule has 1 aliphatic heterocycles. The molecule has 1 rings (SSSR count). The van der Waals surface area contributed by atoms with Crippen LogP contribution in [-0.2, 0) is 9.47 Å². The second-order valence-electron chi connectivity index (χ2n) is 6.00. The van der Waals surface area contributed by atoms with E-state index in [-0.39, 0.29) is 12.2 Å². The molecule has 0 aromatic rings. The lowest BCUT2D eigenvalue weighted by atomic mass is 10.1. The van der Waals surface area contributed by atoms with Gasteiger partial charge < -0.3 is 9.47 Å². The van der Waals surface area contributed by atoms with Gasteiger partial charge in [-0.05, 0) is 34.6 Å². The van der Waals surface area contributed by atoms with Crippen molar-refractivity contribution in [2.24, 2.45) is 0 Å². The fraction of sp³-hybridized carbons (Fsp3) is 0.769. The van der Waals surface area contributed by atoms with Crippen LogP contribution >= 0.6 is 0 Å². The van der Waals surface area contributed by atoms with Gasteiger partial charge in [0.2, 0.25) is 0 Å². The fourth-order valence-electron chi connectivity index (χ4n) is 1.88. The van der Waals surface area contributed by atoms with Crippen molar-refractivity contribution >= 4 is 6.09 Å². The average Bonchev–Trinajstić information content (AvgIpc) is 2.50. The number of amides is 1. The van der Waals surface area contributed by atoms with E-state index in [1.807, 2.05) is 0 Å². The predicted octanol–water partition coefficient (Wildman–Crippen LogP) is 3.18. The van der Waals surface area contributed by atoms with E-state index in [1.165, 1.54) is 4.90 Å². The van der Waals surface area contributed by atoms with Gasteiger partial charge in [-0.1, -0.05) is 6.58 Å². The highest BCUT2D eigenvalue weighted by atomic mass is 19.3. The molecule has 110 valence electrons. The van der Waals surface area contributed by atoms with Gasteiger partial charge in [-0.3, -0.25) is 4.90 Å². The predicted molar refractivity (Wildman–Crippen MR) is 67.0 cm³/mol. The maximum absolute atomic E-state index is 12.8. The van der Waals surface area contributed by atoms with Crippen LogP contribution in [0.3, 0.4) is 0 Å². The third kappa shape index (κ3) is 3.65. The monoisotopic (exact) mass is 277 g/mol. The Kier molecular flexibility index (Phi) is 4.24. The summed E-state index contributed by atoms with van der Waals surface area (Å²) < 4.78 is 36.2. The summed E-state index contributed by atoms with van der Waals surface area (Å²) in [4.78, 5) is 13.3. The van der Waals surface area contributed by atoms with Crippen LogP contribution in [0.15, 0.2) is 12.2 Å². The Hall–Kier alpha value is -1.17. The highest BCUT2D eigenvalue weighted by molar-refractivity contribution is 5.70. The Labute approximate surface area is 112 Å². The van der Waals surface area contributed by atoms with Crippen molar-refractivity contribution in [3.63, 3.8) is 0 Å². The minimum Gasteiger partial charge on any atom is -0.444 e. The van der Waals surface area contributed by atoms with Gasteiger partial charge in [0.25, 0.3) is 6.43 Å². The normalized spacial score (nSPS) is 22.7. The van der Waals surface area contributed by atoms with Gasteiger partial charge in [0.15, 0.2) is 0 Å². The molecule has 1 atom stereocenters. The van der Waals surface area contributed by atoms with Gasteiger partial charge in [0, 0.05) is 5.57 Å². The van der Waals surface area contributed by atoms with Crippen LogP contribution in [0.5, 0.6) is 0 Å². The van der Waals surface area contributed by atoms with Gasteiger partial charge in [-0.2, -0.15) is 0 Å². The van der Waals surface area contributed by atoms with Crippen molar-refractivity contribution in [3.05, 3.63) is 12.2 Å². The summed E-state index contributed by atoms with van der Waals surface area (Å²) in [5.74, 6) is 0. The molecule has 0 N–H and O–H groups in total. The first-order chi connectivity index (χ1) is 8.46. The maximum Gasteiger partial charge on any atom is 0.413 e. The Morgan fingerprint density at radius 2 is 2.00 bits per heavy atom. The highest BCUT2D eigenvalue weighted by Gasteiger charge is 2.47. The summed E-state index contributed by atoms with van der Waals surface area (Å²) in [5, 5.41) is 0. The van der Waals surface area contributed by atoms with E-state index in [2.05, 4.69) is 6.58 Å². The van der Waals surface area contributed by atoms with E-state index in [0.29, 0.717) is 0 Å². The molecule has 6 heteroatoms. The summed E-state index contributed by atoms with van der Waals surface area (Å²) in [6.07, 6.45) is -3.38. The lowest BCUT2D eigenvalue weighted by molar-refractivity contribution is -0.0618. The molecule has 0 radical (unpaired) electrons. The molecular formula is C13H21F2NO3. The molecule has 0 aromatic heterocycles. The second kappa shape index (κ2) is 5.07. The number of hydrogen-bond acceptors (Lipinski definition) is 3. The Morgan fingerprint density at radius 3 is 2.42 bits per heavy atom. The van der Waals surface area contributed by atoms with Gasteiger partial charge in [-0.25, -0.2) is 13.6 Å². The van der Waals surface area contributed by atoms with Crippen LogP contribution in [0.25, 0.3) is 0 Å². The van der Waals surface area contributed by atoms with Crippen molar-refractivity contribution in [2.45, 2.75) is 58.4 Å². The molecule has 1 aliphatic rings. The molecule has 1 saturated heterocycles. The molecule has 0 bridgehead atoms. The van der Waals surface area contributed by atoms with Crippen molar-refractivity contribution in [2.75, 3.05) is 6.61 Å². The number of rotatable bonds is 2. The van der Waals surface area contributed by atoms with Crippen molar-refractivity contribution in [3.8, 4) is 0 Å². The molecule has 0 saturated carbocycles. The van der Waals surface area contributed by atoms with E-state index in [1.54, 1.807) is 34.6 Å². The van der Waals surface area contributed by atoms with Gasteiger partial charge in [-0.15, -0.1) is 0 Å². The maximum atomic E-state index is 12.8. The zero-order chi connectivity index (χ0) is 15.0. The van der Waals surface area contributed by atoms with Crippen LogP contribution in [0.2, 0.25) is 0 Å². The number of nitrogens with zero attached hydrogens (tertiary/aromatic N) is 1. The third-order valence-corrected chi connectivity index (χ3v) is 2.78. The van der Waals surface area contributed by atoms with E-state index < -0.39 is 29.9 Å². The summed E-state index contributed by atoms with van der Waals surface area (Å²) in [6, 6.07) is -0.871. The molecule has 1 fully saturated rings. The molecule has 0 aliphatic carbocycles. The summed E-state index contributed by atoms with van der Waals surface area (Å²) in [6.45, 7) is 11.8. The van der Waals surface area contributed by atoms with Crippen molar-refractivity contribution < 1.29 is 23.0 Å². The Balaban J connectivity index is 2.96. The number of ether oxygens (including phenoxy) is 2. The number of carbonyl (C=O) groups is 1. The number of halogens is 2. The lowest BCUT2D eigenvalue weighted by Gasteiger charge is -2.35. The average molecular weight is 277 g/mol. The smallest absolute Gasteiger partial charge is 0.413 e. The number of hydrogen-bond donors (Lipinski definition) is 0. The lowest BCUT2D eigenvalue weighted by Crippen LogP contribution is -2.50. The minimum atomic E-state index is -2.70. The number of alkyl halides is 2. The van der Waals surface area contributed by atoms with E-state index in [4.69, 9.17) is 9.47 Å². The second-order valence-corrected chi connectivity index (χ2v) is 6.00. The minimum absolute atomic E-state index is 0.00455. The van der Waals surface area contributed by atoms with E-state index >= 15 is 0 Å². The zero-order valence-corrected chi connectivity index (χ0v) is 12.0. The topological polar surface area (TPSA) is 38.8 Å². The summed E-state index contributed by atoms with van der Waals surface area (Å²) in [5.41, 5.74) is -2.03. The molecule has 19 heavy (non-hydrogen) atoms. The molecule has 4 nitrogen and oxygen atoms in total. The SMILES string of the molecule is C=C(C(F)F)[C@H]1COC(C)(C)N1C(=O)OC(C)(C)C. The third-order valence-electron chi connectivity index (χ3n) is 2.78. The number of carbonyl (C=O) groups excluding carboxylic acids is 1. The van der Waals surface area contributed by atoms with Crippen LogP contribution in [0, 0.1) is 0 Å². The molecule has 1 amide bonds. The van der Waals surface area contributed by atoms with Crippen LogP contribution < -0.4 is 0 Å². The molecule has 0 unspecified atom stereocenters. The van der Waals surface area contributed by atoms with Crippen LogP contribution in [0.4, 0.5) is 13.6 Å². The Bertz CT molecular complexity index is 375. The standard InChI is InChI=1S/C13H21F2NO3/c1-8(10(14)15)9-7-18-13(5,6)16(9)11(17)19-12(2,3)4/h9-10H,1,7H2,2-6H3/t9-/m1/s1. The quantitative estimate of drug-likeness (QED) is 0.728. The van der Waals surface area contributed by atoms with E-state index in [0.717, 1.165) is 0 Å². The van der Waals surface area contributed by atoms with Gasteiger partial charge in [0.05, 0.1) is 12.6 Å². The first-order valence-electron chi connectivity index (χ1n) is 6.09. The first-order valence-corrected chi connectivity index (χ1v) is 6.09. The summed E-state index contributed by atoms with van der Waals surface area (Å²) in [7, 11) is 0. The van der Waals surface area contributed by atoms with Crippen LogP contribution in [-0.4, -0.2) is 41.4 Å².